The minimum atomic E-state index is 0.117. The van der Waals surface area contributed by atoms with Crippen molar-refractivity contribution >= 4 is 23.2 Å². The molecule has 0 radical (unpaired) electrons. The maximum Gasteiger partial charge on any atom is 0.255 e. The van der Waals surface area contributed by atoms with Crippen LogP contribution in [0.5, 0.6) is 11.5 Å². The summed E-state index contributed by atoms with van der Waals surface area (Å²) in [6.07, 6.45) is 7.95. The molecular formula is C30H36N4O3S. The molecule has 0 aliphatic carbocycles. The molecule has 0 atom stereocenters. The Balaban J connectivity index is 1.12. The molecule has 1 aromatic heterocycles. The summed E-state index contributed by atoms with van der Waals surface area (Å²) in [6, 6.07) is 17.8. The fourth-order valence-corrected chi connectivity index (χ4v) is 5.97. The molecule has 38 heavy (non-hydrogen) atoms. The molecule has 0 unspecified atom stereocenters. The molecule has 0 bridgehead atoms. The zero-order valence-corrected chi connectivity index (χ0v) is 23.0. The van der Waals surface area contributed by atoms with Crippen molar-refractivity contribution in [1.82, 2.24) is 19.7 Å². The van der Waals surface area contributed by atoms with Gasteiger partial charge in [-0.3, -0.25) is 4.79 Å². The fourth-order valence-electron chi connectivity index (χ4n) is 5.71. The fraction of sp³-hybridized carbons (Fsp3) is 0.400. The van der Waals surface area contributed by atoms with Crippen molar-refractivity contribution in [3.8, 4) is 17.2 Å². The van der Waals surface area contributed by atoms with Gasteiger partial charge in [-0.2, -0.15) is 0 Å². The van der Waals surface area contributed by atoms with Gasteiger partial charge in [0.05, 0.1) is 25.5 Å². The van der Waals surface area contributed by atoms with Crippen molar-refractivity contribution in [1.29, 1.82) is 0 Å². The lowest BCUT2D eigenvalue weighted by Crippen LogP contribution is -2.46. The lowest BCUT2D eigenvalue weighted by molar-refractivity contribution is 0.0598. The van der Waals surface area contributed by atoms with Crippen LogP contribution in [0.3, 0.4) is 0 Å². The second-order valence-corrected chi connectivity index (χ2v) is 10.6. The number of hydrogen-bond donors (Lipinski definition) is 1. The first-order valence-electron chi connectivity index (χ1n) is 13.3. The third-order valence-electron chi connectivity index (χ3n) is 7.99. The Kier molecular flexibility index (Phi) is 7.88. The maximum absolute atomic E-state index is 13.5. The molecule has 2 aliphatic rings. The second kappa shape index (κ2) is 11.5. The lowest BCUT2D eigenvalue weighted by Gasteiger charge is -2.39. The highest BCUT2D eigenvalue weighted by atomic mass is 32.1. The topological polar surface area (TPSA) is 59.0 Å². The lowest BCUT2D eigenvalue weighted by atomic mass is 9.77. The van der Waals surface area contributed by atoms with E-state index in [9.17, 15) is 4.79 Å². The molecule has 1 N–H and O–H groups in total. The normalized spacial score (nSPS) is 16.5. The number of aromatic nitrogens is 1. The molecule has 7 nitrogen and oxygen atoms in total. The Bertz CT molecular complexity index is 1270. The Labute approximate surface area is 230 Å². The van der Waals surface area contributed by atoms with Crippen molar-refractivity contribution in [2.75, 3.05) is 46.9 Å². The van der Waals surface area contributed by atoms with Crippen molar-refractivity contribution in [2.45, 2.75) is 25.7 Å². The van der Waals surface area contributed by atoms with E-state index in [1.54, 1.807) is 14.2 Å². The number of carbonyl (C=O) groups excluding carboxylic acids is 1. The number of carbonyl (C=O) groups is 1. The van der Waals surface area contributed by atoms with Gasteiger partial charge in [-0.15, -0.1) is 0 Å². The van der Waals surface area contributed by atoms with Crippen molar-refractivity contribution in [3.05, 3.63) is 78.1 Å². The first kappa shape index (κ1) is 26.1. The zero-order valence-electron chi connectivity index (χ0n) is 22.2. The van der Waals surface area contributed by atoms with Crippen LogP contribution in [0.2, 0.25) is 0 Å². The molecule has 2 fully saturated rings. The third-order valence-corrected chi connectivity index (χ3v) is 8.39. The first-order chi connectivity index (χ1) is 18.5. The largest absolute Gasteiger partial charge is 0.493 e. The summed E-state index contributed by atoms with van der Waals surface area (Å²) in [7, 11) is 3.30. The minimum absolute atomic E-state index is 0.117. The third kappa shape index (κ3) is 5.50. The average Bonchev–Trinajstić information content (AvgIpc) is 3.64. The molecule has 0 saturated carbocycles. The maximum atomic E-state index is 13.5. The van der Waals surface area contributed by atoms with Gasteiger partial charge < -0.3 is 29.2 Å². The summed E-state index contributed by atoms with van der Waals surface area (Å²) in [4.78, 5) is 17.8. The summed E-state index contributed by atoms with van der Waals surface area (Å²) < 4.78 is 12.7. The highest BCUT2D eigenvalue weighted by molar-refractivity contribution is 7.80. The van der Waals surface area contributed by atoms with E-state index < -0.39 is 0 Å². The van der Waals surface area contributed by atoms with Gasteiger partial charge >= 0.3 is 0 Å². The van der Waals surface area contributed by atoms with Gasteiger partial charge in [0.1, 0.15) is 0 Å². The number of ether oxygens (including phenoxy) is 2. The zero-order chi connectivity index (χ0) is 26.5. The van der Waals surface area contributed by atoms with Crippen LogP contribution < -0.4 is 14.8 Å². The van der Waals surface area contributed by atoms with E-state index in [2.05, 4.69) is 16.3 Å². The van der Waals surface area contributed by atoms with Crippen LogP contribution in [-0.2, 0) is 6.42 Å². The predicted molar refractivity (Wildman–Crippen MR) is 153 cm³/mol. The summed E-state index contributed by atoms with van der Waals surface area (Å²) in [5.74, 6) is 1.60. The number of hydrogen-bond acceptors (Lipinski definition) is 4. The molecule has 2 aliphatic heterocycles. The van der Waals surface area contributed by atoms with Crippen molar-refractivity contribution < 1.29 is 14.3 Å². The van der Waals surface area contributed by atoms with Crippen LogP contribution in [-0.4, -0.2) is 72.3 Å². The molecule has 1 spiro atoms. The predicted octanol–water partition coefficient (Wildman–Crippen LogP) is 4.54. The van der Waals surface area contributed by atoms with Gasteiger partial charge in [0.25, 0.3) is 5.91 Å². The van der Waals surface area contributed by atoms with E-state index in [1.165, 1.54) is 5.56 Å². The summed E-state index contributed by atoms with van der Waals surface area (Å²) in [5.41, 5.74) is 3.09. The van der Waals surface area contributed by atoms with Gasteiger partial charge in [-0.05, 0) is 85.3 Å². The van der Waals surface area contributed by atoms with E-state index in [0.717, 1.165) is 86.3 Å². The molecule has 2 aromatic carbocycles. The average molecular weight is 533 g/mol. The number of methoxy groups -OCH3 is 2. The molecule has 3 heterocycles. The minimum Gasteiger partial charge on any atom is -0.493 e. The van der Waals surface area contributed by atoms with E-state index in [0.29, 0.717) is 0 Å². The standard InChI is InChI=1S/C30H36N4O3S/c1-36-26-10-9-23(21-27(26)37-2)11-15-31-29(38)34-20-14-30(22-34)12-18-33(19-13-30)28(35)24-7-3-4-8-25(24)32-16-5-6-17-32/h3-10,16-17,21H,11-15,18-20,22H2,1-2H3,(H,31,38). The SMILES string of the molecule is COc1ccc(CCNC(=S)N2CCC3(CCN(C(=O)c4ccccc4-n4cccc4)CC3)C2)cc1OC. The number of benzene rings is 2. The van der Waals surface area contributed by atoms with E-state index >= 15 is 0 Å². The van der Waals surface area contributed by atoms with Crippen LogP contribution >= 0.6 is 12.2 Å². The number of nitrogens with one attached hydrogen (secondary N) is 1. The van der Waals surface area contributed by atoms with Crippen molar-refractivity contribution in [2.24, 2.45) is 5.41 Å². The number of likely N-dealkylation sites (tertiary alicyclic amines) is 2. The quantitative estimate of drug-likeness (QED) is 0.451. The van der Waals surface area contributed by atoms with Crippen LogP contribution in [0.15, 0.2) is 67.0 Å². The number of nitrogens with zero attached hydrogens (tertiary/aromatic N) is 3. The molecule has 3 aromatic rings. The van der Waals surface area contributed by atoms with Gasteiger partial charge in [0, 0.05) is 45.1 Å². The molecule has 2 saturated heterocycles. The Morgan fingerprint density at radius 2 is 1.61 bits per heavy atom. The van der Waals surface area contributed by atoms with Crippen LogP contribution in [0.4, 0.5) is 0 Å². The van der Waals surface area contributed by atoms with E-state index in [4.69, 9.17) is 21.7 Å². The van der Waals surface area contributed by atoms with E-state index in [1.807, 2.05) is 70.4 Å². The highest BCUT2D eigenvalue weighted by Crippen LogP contribution is 2.40. The van der Waals surface area contributed by atoms with Crippen molar-refractivity contribution in [3.63, 3.8) is 0 Å². The molecule has 200 valence electrons. The second-order valence-electron chi connectivity index (χ2n) is 10.2. The molecule has 1 amide bonds. The van der Waals surface area contributed by atoms with Gasteiger partial charge in [-0.25, -0.2) is 0 Å². The van der Waals surface area contributed by atoms with Crippen LogP contribution in [0, 0.1) is 5.41 Å². The number of rotatable bonds is 7. The first-order valence-corrected chi connectivity index (χ1v) is 13.7. The summed E-state index contributed by atoms with van der Waals surface area (Å²) in [5, 5.41) is 4.27. The molecule has 5 rings (SSSR count). The summed E-state index contributed by atoms with van der Waals surface area (Å²) >= 11 is 5.76. The van der Waals surface area contributed by atoms with E-state index in [-0.39, 0.29) is 11.3 Å². The summed E-state index contributed by atoms with van der Waals surface area (Å²) in [6.45, 7) is 4.25. The smallest absolute Gasteiger partial charge is 0.255 e. The van der Waals surface area contributed by atoms with Crippen LogP contribution in [0.1, 0.15) is 35.2 Å². The van der Waals surface area contributed by atoms with Gasteiger partial charge in [0.2, 0.25) is 0 Å². The number of piperidine rings is 1. The molecule has 8 heteroatoms. The molecular weight excluding hydrogens is 496 g/mol. The Morgan fingerprint density at radius 3 is 2.32 bits per heavy atom. The number of para-hydroxylation sites is 1. The van der Waals surface area contributed by atoms with Gasteiger partial charge in [0.15, 0.2) is 16.6 Å². The number of amides is 1. The Morgan fingerprint density at radius 1 is 0.921 bits per heavy atom. The van der Waals surface area contributed by atoms with Crippen LogP contribution in [0.25, 0.3) is 5.69 Å². The number of thiocarbonyl (C=S) groups is 1. The monoisotopic (exact) mass is 532 g/mol. The highest BCUT2D eigenvalue weighted by Gasteiger charge is 2.42. The Hall–Kier alpha value is -3.52. The van der Waals surface area contributed by atoms with Gasteiger partial charge in [-0.1, -0.05) is 18.2 Å².